The molecule has 0 radical (unpaired) electrons. The Morgan fingerprint density at radius 1 is 1.12 bits per heavy atom. The average molecular weight is 728 g/mol. The van der Waals surface area contributed by atoms with E-state index in [0.717, 1.165) is 31.9 Å². The maximum absolute atomic E-state index is 12.6. The minimum absolute atomic E-state index is 0.0853. The lowest BCUT2D eigenvalue weighted by atomic mass is 10.1. The highest BCUT2D eigenvalue weighted by Gasteiger charge is 2.51. The summed E-state index contributed by atoms with van der Waals surface area (Å²) in [6, 6.07) is 25.3. The predicted molar refractivity (Wildman–Crippen MR) is 198 cm³/mol. The molecule has 4 aromatic rings. The van der Waals surface area contributed by atoms with Gasteiger partial charge in [0.1, 0.15) is 20.9 Å². The summed E-state index contributed by atoms with van der Waals surface area (Å²) in [6.07, 6.45) is 4.79. The van der Waals surface area contributed by atoms with Crippen LogP contribution in [-0.2, 0) is 18.6 Å². The highest BCUT2D eigenvalue weighted by Crippen LogP contribution is 2.59. The van der Waals surface area contributed by atoms with Crippen molar-refractivity contribution < 1.29 is 23.3 Å². The van der Waals surface area contributed by atoms with Gasteiger partial charge in [-0.25, -0.2) is 9.65 Å². The van der Waals surface area contributed by atoms with E-state index in [0.29, 0.717) is 23.6 Å². The summed E-state index contributed by atoms with van der Waals surface area (Å²) in [5.41, 5.74) is 0.914. The molecule has 1 amide bonds. The normalized spacial score (nSPS) is 24.9. The number of rotatable bonds is 13. The predicted octanol–water partition coefficient (Wildman–Crippen LogP) is 5.78. The van der Waals surface area contributed by atoms with Crippen molar-refractivity contribution in [1.29, 1.82) is 5.26 Å². The van der Waals surface area contributed by atoms with Gasteiger partial charge in [0.15, 0.2) is 11.2 Å². The Hall–Kier alpha value is -3.76. The first-order chi connectivity index (χ1) is 24.8. The lowest BCUT2D eigenvalue weighted by Crippen LogP contribution is -2.58. The molecule has 51 heavy (non-hydrogen) atoms. The number of nitrogens with zero attached hydrogens (tertiary/aromatic N) is 6. The molecule has 12 nitrogen and oxygen atoms in total. The van der Waals surface area contributed by atoms with Gasteiger partial charge in [-0.05, 0) is 25.3 Å². The van der Waals surface area contributed by atoms with Gasteiger partial charge in [0.2, 0.25) is 17.7 Å². The number of nitrogens with one attached hydrogen (secondary N) is 1. The number of carbonyl (C=O) groups excluding carboxylic acids is 1. The fraction of sp³-hybridized carbons (Fsp3) is 0.486. The average Bonchev–Trinajstić information content (AvgIpc) is 3.94. The summed E-state index contributed by atoms with van der Waals surface area (Å²) >= 11 is 0. The summed E-state index contributed by atoms with van der Waals surface area (Å²) in [5, 5.41) is 14.7. The van der Waals surface area contributed by atoms with E-state index in [9.17, 15) is 4.79 Å². The van der Waals surface area contributed by atoms with Crippen LogP contribution in [0.25, 0.3) is 11.2 Å². The Balaban J connectivity index is 1.11. The van der Waals surface area contributed by atoms with Crippen LogP contribution in [0.4, 0.5) is 5.95 Å². The molecule has 268 valence electrons. The van der Waals surface area contributed by atoms with Gasteiger partial charge in [-0.15, -0.1) is 0 Å². The van der Waals surface area contributed by atoms with Crippen LogP contribution in [0.3, 0.4) is 0 Å². The Morgan fingerprint density at radius 2 is 1.84 bits per heavy atom. The van der Waals surface area contributed by atoms with Crippen molar-refractivity contribution in [2.75, 3.05) is 18.5 Å². The molecule has 6 atom stereocenters. The molecule has 5 heterocycles. The molecule has 3 fully saturated rings. The van der Waals surface area contributed by atoms with Crippen molar-refractivity contribution in [1.82, 2.24) is 24.2 Å². The molecule has 2 aromatic carbocycles. The summed E-state index contributed by atoms with van der Waals surface area (Å²) in [4.78, 5) is 26.2. The minimum atomic E-state index is -2.13. The number of fused-ring (bicyclic) bond motifs is 2. The van der Waals surface area contributed by atoms with Crippen LogP contribution in [0.1, 0.15) is 59.1 Å². The van der Waals surface area contributed by atoms with Crippen LogP contribution in [-0.4, -0.2) is 75.7 Å². The molecule has 3 aliphatic heterocycles. The SMILES string of the molecule is CC[C@H]1O[C@@H](n2cnc3c(OCCC#N)nc(NC(=O)C(C)C)nc32)C[C@H]1O[P@@]1O[C@H](C[Si](C)(c2ccccc2)c2ccccc2)[C@@H]2CCCN21. The van der Waals surface area contributed by atoms with Crippen molar-refractivity contribution in [3.63, 3.8) is 0 Å². The lowest BCUT2D eigenvalue weighted by Gasteiger charge is -2.32. The molecule has 0 aliphatic carbocycles. The van der Waals surface area contributed by atoms with Gasteiger partial charge in [0, 0.05) is 24.9 Å². The van der Waals surface area contributed by atoms with Gasteiger partial charge in [-0.2, -0.15) is 15.2 Å². The van der Waals surface area contributed by atoms with Gasteiger partial charge < -0.3 is 18.5 Å². The summed E-state index contributed by atoms with van der Waals surface area (Å²) in [5.74, 6) is -0.154. The minimum Gasteiger partial charge on any atom is -0.475 e. The van der Waals surface area contributed by atoms with E-state index in [4.69, 9.17) is 23.8 Å². The molecule has 2 aromatic heterocycles. The smallest absolute Gasteiger partial charge is 0.259 e. The highest BCUT2D eigenvalue weighted by molar-refractivity contribution is 7.45. The molecule has 0 saturated carbocycles. The number of ether oxygens (including phenoxy) is 2. The van der Waals surface area contributed by atoms with E-state index >= 15 is 0 Å². The Kier molecular flexibility index (Phi) is 10.8. The molecule has 3 aliphatic rings. The van der Waals surface area contributed by atoms with Crippen LogP contribution in [0, 0.1) is 17.2 Å². The first-order valence-electron chi connectivity index (χ1n) is 18.0. The fourth-order valence-electron chi connectivity index (χ4n) is 7.45. The molecule has 1 N–H and O–H groups in total. The lowest BCUT2D eigenvalue weighted by molar-refractivity contribution is -0.118. The number of carbonyl (C=O) groups is 1. The zero-order valence-corrected chi connectivity index (χ0v) is 31.5. The van der Waals surface area contributed by atoms with Crippen LogP contribution < -0.4 is 20.4 Å². The third kappa shape index (κ3) is 7.31. The van der Waals surface area contributed by atoms with Crippen LogP contribution in [0.2, 0.25) is 12.6 Å². The van der Waals surface area contributed by atoms with Gasteiger partial charge in [-0.1, -0.05) is 98.4 Å². The summed E-state index contributed by atoms with van der Waals surface area (Å²) in [6.45, 7) is 9.30. The zero-order chi connectivity index (χ0) is 35.5. The molecule has 7 rings (SSSR count). The number of nitriles is 1. The number of hydrogen-bond acceptors (Lipinski definition) is 10. The number of aromatic nitrogens is 4. The molecule has 3 saturated heterocycles. The van der Waals surface area contributed by atoms with Crippen LogP contribution >= 0.6 is 8.53 Å². The first-order valence-corrected chi connectivity index (χ1v) is 21.8. The van der Waals surface area contributed by atoms with E-state index in [1.54, 1.807) is 20.2 Å². The third-order valence-electron chi connectivity index (χ3n) is 10.3. The van der Waals surface area contributed by atoms with E-state index in [2.05, 4.69) is 105 Å². The fourth-order valence-corrected chi connectivity index (χ4v) is 13.4. The number of amides is 1. The van der Waals surface area contributed by atoms with Crippen molar-refractivity contribution in [3.8, 4) is 11.9 Å². The van der Waals surface area contributed by atoms with E-state index in [1.165, 1.54) is 10.4 Å². The van der Waals surface area contributed by atoms with Gasteiger partial charge in [0.25, 0.3) is 8.53 Å². The highest BCUT2D eigenvalue weighted by atomic mass is 31.2. The maximum atomic E-state index is 12.6. The van der Waals surface area contributed by atoms with Crippen molar-refractivity contribution >= 4 is 50.0 Å². The summed E-state index contributed by atoms with van der Waals surface area (Å²) < 4.78 is 30.7. The molecular formula is C37H46N7O5PSi. The largest absolute Gasteiger partial charge is 0.475 e. The van der Waals surface area contributed by atoms with Gasteiger partial charge in [0.05, 0.1) is 37.1 Å². The van der Waals surface area contributed by atoms with Gasteiger partial charge >= 0.3 is 0 Å². The first kappa shape index (κ1) is 35.6. The van der Waals surface area contributed by atoms with Crippen molar-refractivity contribution in [2.24, 2.45) is 5.92 Å². The number of anilines is 1. The number of imidazole rings is 1. The second-order valence-corrected chi connectivity index (χ2v) is 19.7. The molecule has 0 spiro atoms. The summed E-state index contributed by atoms with van der Waals surface area (Å²) in [7, 11) is -3.40. The second-order valence-electron chi connectivity index (χ2n) is 14.0. The van der Waals surface area contributed by atoms with E-state index in [-0.39, 0.29) is 55.0 Å². The second kappa shape index (κ2) is 15.5. The van der Waals surface area contributed by atoms with Crippen LogP contribution in [0.5, 0.6) is 5.88 Å². The molecule has 14 heteroatoms. The Bertz CT molecular complexity index is 1820. The van der Waals surface area contributed by atoms with Gasteiger partial charge in [-0.3, -0.25) is 14.7 Å². The Labute approximate surface area is 301 Å². The van der Waals surface area contributed by atoms with E-state index < -0.39 is 22.8 Å². The monoisotopic (exact) mass is 727 g/mol. The molecule has 0 unspecified atom stereocenters. The number of benzene rings is 2. The topological polar surface area (TPSA) is 137 Å². The number of hydrogen-bond donors (Lipinski definition) is 1. The van der Waals surface area contributed by atoms with Crippen LogP contribution in [0.15, 0.2) is 67.0 Å². The van der Waals surface area contributed by atoms with Crippen molar-refractivity contribution in [2.45, 2.75) is 96.0 Å². The van der Waals surface area contributed by atoms with E-state index in [1.807, 2.05) is 4.57 Å². The molecule has 0 bridgehead atoms. The standard InChI is InChI=1S/C37H46N7O5PSi/c1-5-29-30(22-32(47-29)43-24-39-33-34(43)40-37(41-35(45)25(2)3)42-36(33)46-21-13-19-38)48-50-44-20-12-18-28(44)31(49-50)23-51(4,26-14-8-6-9-15-26)27-16-10-7-11-17-27/h6-11,14-17,24-25,28-32H,5,12-13,18,20-23H2,1-4H3,(H,40,41,42,45)/t28-,29+,30+,31+,32+,50-/m0/s1. The quantitative estimate of drug-likeness (QED) is 0.103. The molecular weight excluding hydrogens is 682 g/mol. The Morgan fingerprint density at radius 3 is 2.51 bits per heavy atom. The maximum Gasteiger partial charge on any atom is 0.259 e. The van der Waals surface area contributed by atoms with Crippen molar-refractivity contribution in [3.05, 3.63) is 67.0 Å². The third-order valence-corrected chi connectivity index (χ3v) is 16.5. The zero-order valence-electron chi connectivity index (χ0n) is 29.6.